The summed E-state index contributed by atoms with van der Waals surface area (Å²) in [4.78, 5) is 0. The van der Waals surface area contributed by atoms with Crippen molar-refractivity contribution >= 4 is 7.28 Å². The highest BCUT2D eigenvalue weighted by Gasteiger charge is 2.14. The molecule has 1 nitrogen and oxygen atoms in total. The van der Waals surface area contributed by atoms with Gasteiger partial charge in [0.2, 0.25) is 0 Å². The van der Waals surface area contributed by atoms with Crippen LogP contribution in [0.3, 0.4) is 0 Å². The van der Waals surface area contributed by atoms with Crippen molar-refractivity contribution in [3.05, 3.63) is 72.0 Å². The molecule has 0 spiro atoms. The van der Waals surface area contributed by atoms with Crippen LogP contribution < -0.4 is 5.32 Å². The molecule has 1 N–H and O–H groups in total. The number of nitrogens with one attached hydrogen (secondary N) is 1. The molecule has 0 atom stereocenters. The van der Waals surface area contributed by atoms with Gasteiger partial charge in [0.05, 0.1) is 0 Å². The van der Waals surface area contributed by atoms with Gasteiger partial charge in [0, 0.05) is 11.4 Å². The van der Waals surface area contributed by atoms with Crippen LogP contribution in [0.2, 0.25) is 0 Å². The zero-order valence-corrected chi connectivity index (χ0v) is 9.96. The minimum Gasteiger partial charge on any atom is -0.356 e. The van der Waals surface area contributed by atoms with Crippen molar-refractivity contribution < 1.29 is 0 Å². The van der Waals surface area contributed by atoms with E-state index in [-0.39, 0.29) is 0 Å². The summed E-state index contributed by atoms with van der Waals surface area (Å²) in [5.74, 6) is 0. The molecule has 0 fully saturated rings. The molecule has 0 aliphatic carbocycles. The van der Waals surface area contributed by atoms with Gasteiger partial charge in [0.1, 0.15) is 0 Å². The van der Waals surface area contributed by atoms with Crippen molar-refractivity contribution in [2.24, 2.45) is 0 Å². The number of rotatable bonds is 4. The average Bonchev–Trinajstić information content (AvgIpc) is 2.30. The van der Waals surface area contributed by atoms with E-state index in [9.17, 15) is 0 Å². The van der Waals surface area contributed by atoms with Crippen LogP contribution in [0.25, 0.3) is 0 Å². The van der Waals surface area contributed by atoms with E-state index in [0.29, 0.717) is 0 Å². The molecule has 0 unspecified atom stereocenters. The van der Waals surface area contributed by atoms with Crippen LogP contribution >= 0.6 is 0 Å². The highest BCUT2D eigenvalue weighted by molar-refractivity contribution is 6.56. The van der Waals surface area contributed by atoms with Gasteiger partial charge in [-0.05, 0) is 26.0 Å². The first-order valence-electron chi connectivity index (χ1n) is 5.37. The molecule has 81 valence electrons. The van der Waals surface area contributed by atoms with Gasteiger partial charge in [0.25, 0.3) is 0 Å². The third kappa shape index (κ3) is 2.66. The molecule has 1 heterocycles. The Hall–Kier alpha value is -1.70. The van der Waals surface area contributed by atoms with E-state index < -0.39 is 0 Å². The van der Waals surface area contributed by atoms with Crippen LogP contribution in [0.5, 0.6) is 0 Å². The van der Waals surface area contributed by atoms with Crippen LogP contribution in [0, 0.1) is 0 Å². The van der Waals surface area contributed by atoms with Crippen LogP contribution in [0.1, 0.15) is 13.8 Å². The fraction of sp³-hybridized carbons (Fsp3) is 0.143. The molecule has 1 radical (unpaired) electrons. The molecule has 0 amide bonds. The second kappa shape index (κ2) is 6.01. The molecule has 0 aromatic rings. The summed E-state index contributed by atoms with van der Waals surface area (Å²) in [5, 5.41) is 3.31. The van der Waals surface area contributed by atoms with Crippen molar-refractivity contribution in [2.75, 3.05) is 0 Å². The summed E-state index contributed by atoms with van der Waals surface area (Å²) in [5.41, 5.74) is 4.30. The molecule has 0 bridgehead atoms. The molecule has 0 aromatic carbocycles. The van der Waals surface area contributed by atoms with Gasteiger partial charge < -0.3 is 5.32 Å². The quantitative estimate of drug-likeness (QED) is 0.702. The largest absolute Gasteiger partial charge is 0.356 e. The van der Waals surface area contributed by atoms with Crippen molar-refractivity contribution in [1.29, 1.82) is 0 Å². The molecular weight excluding hydrogens is 193 g/mol. The summed E-state index contributed by atoms with van der Waals surface area (Å²) >= 11 is 0. The Morgan fingerprint density at radius 2 is 1.38 bits per heavy atom. The first-order valence-corrected chi connectivity index (χ1v) is 5.37. The van der Waals surface area contributed by atoms with E-state index >= 15 is 0 Å². The number of hydrogen-bond donors (Lipinski definition) is 1. The standard InChI is InChI=1S/C14H17BN/c1-5-9-11-13(7-3)16-14(8-4)12(15-11)10-6-2/h5-10,16H,3-4H2,1-2H3/b9-5-,10-6-. The third-order valence-corrected chi connectivity index (χ3v) is 2.30. The van der Waals surface area contributed by atoms with Gasteiger partial charge in [-0.15, -0.1) is 0 Å². The van der Waals surface area contributed by atoms with E-state index in [4.69, 9.17) is 0 Å². The van der Waals surface area contributed by atoms with E-state index in [1.54, 1.807) is 0 Å². The smallest absolute Gasteiger partial charge is 0.196 e. The maximum Gasteiger partial charge on any atom is 0.196 e. The van der Waals surface area contributed by atoms with E-state index in [0.717, 1.165) is 22.3 Å². The Bertz CT molecular complexity index is 370. The lowest BCUT2D eigenvalue weighted by Crippen LogP contribution is -2.23. The van der Waals surface area contributed by atoms with Gasteiger partial charge in [0.15, 0.2) is 7.28 Å². The first-order chi connectivity index (χ1) is 7.76. The van der Waals surface area contributed by atoms with Crippen molar-refractivity contribution in [2.45, 2.75) is 13.8 Å². The lowest BCUT2D eigenvalue weighted by atomic mass is 9.59. The van der Waals surface area contributed by atoms with E-state index in [1.807, 2.05) is 38.2 Å². The molecule has 1 rings (SSSR count). The lowest BCUT2D eigenvalue weighted by molar-refractivity contribution is 1.03. The molecule has 0 saturated carbocycles. The Labute approximate surface area is 98.9 Å². The zero-order valence-electron chi connectivity index (χ0n) is 9.96. The van der Waals surface area contributed by atoms with Crippen molar-refractivity contribution in [3.63, 3.8) is 0 Å². The minimum absolute atomic E-state index is 1.02. The van der Waals surface area contributed by atoms with E-state index in [1.165, 1.54) is 0 Å². The third-order valence-electron chi connectivity index (χ3n) is 2.30. The fourth-order valence-electron chi connectivity index (χ4n) is 1.59. The Morgan fingerprint density at radius 3 is 1.69 bits per heavy atom. The van der Waals surface area contributed by atoms with Crippen molar-refractivity contribution in [3.8, 4) is 0 Å². The van der Waals surface area contributed by atoms with Gasteiger partial charge >= 0.3 is 0 Å². The zero-order chi connectivity index (χ0) is 12.0. The predicted molar refractivity (Wildman–Crippen MR) is 73.0 cm³/mol. The maximum absolute atomic E-state index is 3.81. The molecule has 1 aliphatic heterocycles. The molecule has 2 heteroatoms. The lowest BCUT2D eigenvalue weighted by Gasteiger charge is -2.21. The topological polar surface area (TPSA) is 12.0 Å². The highest BCUT2D eigenvalue weighted by Crippen LogP contribution is 2.19. The van der Waals surface area contributed by atoms with Crippen LogP contribution in [0.15, 0.2) is 72.0 Å². The second-order valence-electron chi connectivity index (χ2n) is 3.42. The van der Waals surface area contributed by atoms with Crippen molar-refractivity contribution in [1.82, 2.24) is 5.32 Å². The minimum atomic E-state index is 1.02. The molecule has 1 aliphatic rings. The van der Waals surface area contributed by atoms with E-state index in [2.05, 4.69) is 37.9 Å². The predicted octanol–water partition coefficient (Wildman–Crippen LogP) is 3.24. The average molecular weight is 210 g/mol. The number of hydrogen-bond acceptors (Lipinski definition) is 1. The first kappa shape index (κ1) is 12.4. The Morgan fingerprint density at radius 1 is 0.938 bits per heavy atom. The van der Waals surface area contributed by atoms with Crippen LogP contribution in [0.4, 0.5) is 0 Å². The van der Waals surface area contributed by atoms with Crippen LogP contribution in [-0.2, 0) is 0 Å². The van der Waals surface area contributed by atoms with Gasteiger partial charge in [-0.1, -0.05) is 48.4 Å². The summed E-state index contributed by atoms with van der Waals surface area (Å²) in [6.45, 7) is 11.6. The van der Waals surface area contributed by atoms with Crippen LogP contribution in [-0.4, -0.2) is 7.28 Å². The van der Waals surface area contributed by atoms with Gasteiger partial charge in [-0.3, -0.25) is 0 Å². The summed E-state index contributed by atoms with van der Waals surface area (Å²) in [7, 11) is 2.13. The summed E-state index contributed by atoms with van der Waals surface area (Å²) in [6.07, 6.45) is 11.8. The molecule has 0 saturated heterocycles. The van der Waals surface area contributed by atoms with Gasteiger partial charge in [-0.25, -0.2) is 0 Å². The Kier molecular flexibility index (Phi) is 4.65. The number of allylic oxidation sites excluding steroid dienone is 8. The highest BCUT2D eigenvalue weighted by atomic mass is 14.9. The maximum atomic E-state index is 3.81. The van der Waals surface area contributed by atoms with Gasteiger partial charge in [-0.2, -0.15) is 0 Å². The Balaban J connectivity index is 3.10. The SMILES string of the molecule is C=CC1=C(/C=C\C)[B]C(/C=C\C)=C(C=C)N1. The normalized spacial score (nSPS) is 16.6. The monoisotopic (exact) mass is 210 g/mol. The second-order valence-corrected chi connectivity index (χ2v) is 3.42. The molecular formula is C14H17BN. The molecule has 0 aromatic heterocycles. The summed E-state index contributed by atoms with van der Waals surface area (Å²) < 4.78 is 0. The fourth-order valence-corrected chi connectivity index (χ4v) is 1.59. The summed E-state index contributed by atoms with van der Waals surface area (Å²) in [6, 6.07) is 0. The molecule has 16 heavy (non-hydrogen) atoms.